The molecular formula is C6H12N2O. The van der Waals surface area contributed by atoms with E-state index in [4.69, 9.17) is 0 Å². The Kier molecular flexibility index (Phi) is 3.88. The lowest BCUT2D eigenvalue weighted by Crippen LogP contribution is -2.14. The monoisotopic (exact) mass is 128 g/mol. The first-order valence-corrected chi connectivity index (χ1v) is 2.80. The van der Waals surface area contributed by atoms with Crippen molar-refractivity contribution in [2.24, 2.45) is 4.99 Å². The number of aliphatic imine (C=N–C) groups is 1. The second-order valence-electron chi connectivity index (χ2n) is 2.09. The molecule has 0 aliphatic rings. The topological polar surface area (TPSA) is 32.7 Å². The molecule has 52 valence electrons. The minimum atomic E-state index is -0.142. The van der Waals surface area contributed by atoms with Gasteiger partial charge in [-0.05, 0) is 14.1 Å². The van der Waals surface area contributed by atoms with Gasteiger partial charge >= 0.3 is 0 Å². The van der Waals surface area contributed by atoms with Crippen molar-refractivity contribution in [1.82, 2.24) is 4.90 Å². The fourth-order valence-corrected chi connectivity index (χ4v) is 0.333. The zero-order valence-corrected chi connectivity index (χ0v) is 6.09. The SMILES string of the molecule is CC(=O)/N=C\CN(C)C. The van der Waals surface area contributed by atoms with Crippen LogP contribution in [0.15, 0.2) is 4.99 Å². The van der Waals surface area contributed by atoms with Crippen LogP contribution in [0.5, 0.6) is 0 Å². The van der Waals surface area contributed by atoms with Crippen LogP contribution in [0.25, 0.3) is 0 Å². The fourth-order valence-electron chi connectivity index (χ4n) is 0.333. The molecule has 0 heterocycles. The van der Waals surface area contributed by atoms with E-state index in [-0.39, 0.29) is 5.91 Å². The molecule has 1 amide bonds. The van der Waals surface area contributed by atoms with Gasteiger partial charge in [-0.25, -0.2) is 4.99 Å². The van der Waals surface area contributed by atoms with E-state index in [1.165, 1.54) is 6.92 Å². The van der Waals surface area contributed by atoms with Gasteiger partial charge in [0, 0.05) is 19.7 Å². The van der Waals surface area contributed by atoms with Crippen molar-refractivity contribution in [2.45, 2.75) is 6.92 Å². The molecule has 0 N–H and O–H groups in total. The van der Waals surface area contributed by atoms with E-state index in [0.717, 1.165) is 6.54 Å². The Labute approximate surface area is 55.4 Å². The third-order valence-corrected chi connectivity index (χ3v) is 0.720. The summed E-state index contributed by atoms with van der Waals surface area (Å²) in [5, 5.41) is 0. The van der Waals surface area contributed by atoms with Crippen LogP contribution in [-0.2, 0) is 4.79 Å². The highest BCUT2D eigenvalue weighted by Gasteiger charge is 1.84. The van der Waals surface area contributed by atoms with E-state index in [0.29, 0.717) is 0 Å². The molecule has 0 rings (SSSR count). The van der Waals surface area contributed by atoms with Crippen LogP contribution in [-0.4, -0.2) is 37.7 Å². The number of hydrogen-bond donors (Lipinski definition) is 0. The van der Waals surface area contributed by atoms with Crippen molar-refractivity contribution < 1.29 is 4.79 Å². The molecule has 0 spiro atoms. The Morgan fingerprint density at radius 1 is 1.67 bits per heavy atom. The molecule has 0 atom stereocenters. The summed E-state index contributed by atoms with van der Waals surface area (Å²) in [4.78, 5) is 15.7. The number of rotatable bonds is 2. The van der Waals surface area contributed by atoms with Crippen LogP contribution in [0.1, 0.15) is 6.92 Å². The number of carbonyl (C=O) groups is 1. The van der Waals surface area contributed by atoms with E-state index < -0.39 is 0 Å². The summed E-state index contributed by atoms with van der Waals surface area (Å²) >= 11 is 0. The molecule has 0 saturated carbocycles. The van der Waals surface area contributed by atoms with Gasteiger partial charge in [0.05, 0.1) is 0 Å². The summed E-state index contributed by atoms with van der Waals surface area (Å²) in [5.74, 6) is -0.142. The average Bonchev–Trinajstić information content (AvgIpc) is 1.63. The van der Waals surface area contributed by atoms with E-state index in [1.807, 2.05) is 19.0 Å². The third-order valence-electron chi connectivity index (χ3n) is 0.720. The number of nitrogens with zero attached hydrogens (tertiary/aromatic N) is 2. The van der Waals surface area contributed by atoms with E-state index in [2.05, 4.69) is 4.99 Å². The smallest absolute Gasteiger partial charge is 0.242 e. The second kappa shape index (κ2) is 4.21. The van der Waals surface area contributed by atoms with Crippen molar-refractivity contribution in [3.05, 3.63) is 0 Å². The predicted molar refractivity (Wildman–Crippen MR) is 37.7 cm³/mol. The molecule has 0 aromatic carbocycles. The van der Waals surface area contributed by atoms with Crippen molar-refractivity contribution in [2.75, 3.05) is 20.6 Å². The van der Waals surface area contributed by atoms with Crippen LogP contribution in [0.4, 0.5) is 0 Å². The average molecular weight is 128 g/mol. The van der Waals surface area contributed by atoms with Gasteiger partial charge in [-0.15, -0.1) is 0 Å². The van der Waals surface area contributed by atoms with E-state index >= 15 is 0 Å². The highest BCUT2D eigenvalue weighted by Crippen LogP contribution is 1.71. The maximum atomic E-state index is 10.2. The molecular weight excluding hydrogens is 116 g/mol. The summed E-state index contributed by atoms with van der Waals surface area (Å²) < 4.78 is 0. The van der Waals surface area contributed by atoms with Crippen LogP contribution >= 0.6 is 0 Å². The summed E-state index contributed by atoms with van der Waals surface area (Å²) in [5.41, 5.74) is 0. The first-order valence-electron chi connectivity index (χ1n) is 2.80. The molecule has 0 aliphatic heterocycles. The fraction of sp³-hybridized carbons (Fsp3) is 0.667. The van der Waals surface area contributed by atoms with Crippen molar-refractivity contribution >= 4 is 12.1 Å². The van der Waals surface area contributed by atoms with Gasteiger partial charge in [-0.1, -0.05) is 0 Å². The Hall–Kier alpha value is -0.700. The number of hydrogen-bond acceptors (Lipinski definition) is 2. The molecule has 3 heteroatoms. The van der Waals surface area contributed by atoms with Crippen molar-refractivity contribution in [1.29, 1.82) is 0 Å². The summed E-state index contributed by atoms with van der Waals surface area (Å²) in [6.45, 7) is 2.16. The maximum Gasteiger partial charge on any atom is 0.242 e. The summed E-state index contributed by atoms with van der Waals surface area (Å²) in [7, 11) is 3.85. The van der Waals surface area contributed by atoms with E-state index in [1.54, 1.807) is 6.21 Å². The molecule has 9 heavy (non-hydrogen) atoms. The van der Waals surface area contributed by atoms with Gasteiger partial charge in [0.15, 0.2) is 0 Å². The van der Waals surface area contributed by atoms with Gasteiger partial charge < -0.3 is 4.90 Å². The zero-order valence-electron chi connectivity index (χ0n) is 6.09. The molecule has 0 aromatic rings. The minimum absolute atomic E-state index is 0.142. The first kappa shape index (κ1) is 8.30. The van der Waals surface area contributed by atoms with Crippen LogP contribution in [0.2, 0.25) is 0 Å². The number of amides is 1. The Morgan fingerprint density at radius 2 is 2.22 bits per heavy atom. The van der Waals surface area contributed by atoms with Gasteiger partial charge in [0.25, 0.3) is 0 Å². The van der Waals surface area contributed by atoms with Gasteiger partial charge in [-0.3, -0.25) is 4.79 Å². The predicted octanol–water partition coefficient (Wildman–Crippen LogP) is 0.165. The Morgan fingerprint density at radius 3 is 2.56 bits per heavy atom. The van der Waals surface area contributed by atoms with Crippen molar-refractivity contribution in [3.8, 4) is 0 Å². The molecule has 0 unspecified atom stereocenters. The van der Waals surface area contributed by atoms with Gasteiger partial charge in [-0.2, -0.15) is 0 Å². The van der Waals surface area contributed by atoms with Crippen LogP contribution in [0, 0.1) is 0 Å². The highest BCUT2D eigenvalue weighted by atomic mass is 16.1. The largest absolute Gasteiger partial charge is 0.304 e. The normalized spacial score (nSPS) is 11.1. The lowest BCUT2D eigenvalue weighted by molar-refractivity contribution is -0.115. The van der Waals surface area contributed by atoms with E-state index in [9.17, 15) is 4.79 Å². The van der Waals surface area contributed by atoms with Gasteiger partial charge in [0.2, 0.25) is 5.91 Å². The molecule has 3 nitrogen and oxygen atoms in total. The molecule has 0 fully saturated rings. The standard InChI is InChI=1S/C6H12N2O/c1-6(9)7-4-5-8(2)3/h4H,5H2,1-3H3/b7-4-. The number of carbonyl (C=O) groups excluding carboxylic acids is 1. The second-order valence-corrected chi connectivity index (χ2v) is 2.09. The first-order chi connectivity index (χ1) is 4.13. The summed E-state index contributed by atoms with van der Waals surface area (Å²) in [6, 6.07) is 0. The molecule has 0 saturated heterocycles. The molecule has 0 aromatic heterocycles. The zero-order chi connectivity index (χ0) is 7.28. The lowest BCUT2D eigenvalue weighted by atomic mass is 10.6. The summed E-state index contributed by atoms with van der Waals surface area (Å²) in [6.07, 6.45) is 1.60. The lowest BCUT2D eigenvalue weighted by Gasteiger charge is -2.01. The highest BCUT2D eigenvalue weighted by molar-refractivity contribution is 5.83. The molecule has 0 bridgehead atoms. The Bertz CT molecular complexity index is 118. The third kappa shape index (κ3) is 7.30. The maximum absolute atomic E-state index is 10.2. The Balaban J connectivity index is 3.36. The minimum Gasteiger partial charge on any atom is -0.304 e. The van der Waals surface area contributed by atoms with Crippen molar-refractivity contribution in [3.63, 3.8) is 0 Å². The molecule has 0 radical (unpaired) electrons. The molecule has 0 aliphatic carbocycles. The van der Waals surface area contributed by atoms with Crippen LogP contribution < -0.4 is 0 Å². The van der Waals surface area contributed by atoms with Crippen LogP contribution in [0.3, 0.4) is 0 Å². The van der Waals surface area contributed by atoms with Gasteiger partial charge in [0.1, 0.15) is 0 Å². The quantitative estimate of drug-likeness (QED) is 0.496.